The zero-order chi connectivity index (χ0) is 28.6. The molecule has 0 radical (unpaired) electrons. The lowest BCUT2D eigenvalue weighted by Crippen LogP contribution is -2.07. The summed E-state index contributed by atoms with van der Waals surface area (Å²) in [6.07, 6.45) is 4.10. The molecule has 0 aliphatic heterocycles. The molecule has 2 aliphatic carbocycles. The number of carboxylic acids is 1. The molecule has 3 atom stereocenters. The maximum absolute atomic E-state index is 15.2. The Labute approximate surface area is 235 Å². The molecule has 3 aromatic carbocycles. The van der Waals surface area contributed by atoms with Gasteiger partial charge < -0.3 is 14.6 Å². The van der Waals surface area contributed by atoms with Crippen molar-refractivity contribution in [1.29, 1.82) is 0 Å². The van der Waals surface area contributed by atoms with E-state index in [1.807, 2.05) is 56.3 Å². The number of hydrogen-bond acceptors (Lipinski definition) is 5. The van der Waals surface area contributed by atoms with Crippen molar-refractivity contribution in [2.24, 2.45) is 5.92 Å². The SMILES string of the molecule is Cc1cc(OCCCCS(C)(=O)=O)cc(C)c1-c1ccc(F)c2c1CC[C@H]2Oc1ccc([C@H]2C[C@@H]2C(=O)O)cc1. The first-order valence-electron chi connectivity index (χ1n) is 13.7. The number of fused-ring (bicyclic) bond motifs is 1. The van der Waals surface area contributed by atoms with Crippen LogP contribution in [0.3, 0.4) is 0 Å². The van der Waals surface area contributed by atoms with Crippen LogP contribution < -0.4 is 9.47 Å². The highest BCUT2D eigenvalue weighted by molar-refractivity contribution is 7.90. The lowest BCUT2D eigenvalue weighted by Gasteiger charge is -2.19. The van der Waals surface area contributed by atoms with Gasteiger partial charge in [0.25, 0.3) is 0 Å². The van der Waals surface area contributed by atoms with Crippen molar-refractivity contribution in [3.63, 3.8) is 0 Å². The van der Waals surface area contributed by atoms with E-state index in [4.69, 9.17) is 9.47 Å². The van der Waals surface area contributed by atoms with E-state index in [1.54, 1.807) is 0 Å². The van der Waals surface area contributed by atoms with Crippen LogP contribution in [0.25, 0.3) is 11.1 Å². The summed E-state index contributed by atoms with van der Waals surface area (Å²) >= 11 is 0. The number of aliphatic carboxylic acids is 1. The van der Waals surface area contributed by atoms with E-state index >= 15 is 4.39 Å². The van der Waals surface area contributed by atoms with Gasteiger partial charge >= 0.3 is 5.97 Å². The molecule has 1 fully saturated rings. The fourth-order valence-corrected chi connectivity index (χ4v) is 6.64. The topological polar surface area (TPSA) is 89.9 Å². The molecule has 6 nitrogen and oxygen atoms in total. The van der Waals surface area contributed by atoms with E-state index in [-0.39, 0.29) is 23.4 Å². The van der Waals surface area contributed by atoms with Gasteiger partial charge in [-0.2, -0.15) is 0 Å². The normalized spacial score (nSPS) is 19.8. The summed E-state index contributed by atoms with van der Waals surface area (Å²) in [5.41, 5.74) is 6.67. The van der Waals surface area contributed by atoms with E-state index in [0.717, 1.165) is 39.1 Å². The second kappa shape index (κ2) is 11.2. The second-order valence-corrected chi connectivity index (χ2v) is 13.4. The van der Waals surface area contributed by atoms with Gasteiger partial charge in [-0.25, -0.2) is 12.8 Å². The zero-order valence-electron chi connectivity index (χ0n) is 23.1. The van der Waals surface area contributed by atoms with Crippen LogP contribution in [0.5, 0.6) is 11.5 Å². The Morgan fingerprint density at radius 2 is 1.73 bits per heavy atom. The maximum atomic E-state index is 15.2. The highest BCUT2D eigenvalue weighted by Crippen LogP contribution is 2.48. The van der Waals surface area contributed by atoms with E-state index < -0.39 is 21.9 Å². The van der Waals surface area contributed by atoms with Crippen molar-refractivity contribution in [3.8, 4) is 22.6 Å². The third-order valence-electron chi connectivity index (χ3n) is 7.93. The summed E-state index contributed by atoms with van der Waals surface area (Å²) in [5.74, 6) is 0.263. The number of sulfone groups is 1. The van der Waals surface area contributed by atoms with Gasteiger partial charge in [-0.1, -0.05) is 18.2 Å². The average molecular weight is 567 g/mol. The molecule has 1 N–H and O–H groups in total. The van der Waals surface area contributed by atoms with Crippen LogP contribution in [0.4, 0.5) is 4.39 Å². The van der Waals surface area contributed by atoms with Crippen LogP contribution in [0.1, 0.15) is 65.5 Å². The fraction of sp³-hybridized carbons (Fsp3) is 0.406. The Balaban J connectivity index is 1.31. The van der Waals surface area contributed by atoms with Gasteiger partial charge in [0.2, 0.25) is 0 Å². The number of benzene rings is 3. The summed E-state index contributed by atoms with van der Waals surface area (Å²) in [6.45, 7) is 4.49. The molecule has 0 unspecified atom stereocenters. The molecule has 0 heterocycles. The highest BCUT2D eigenvalue weighted by atomic mass is 32.2. The van der Waals surface area contributed by atoms with Crippen molar-refractivity contribution in [2.45, 2.75) is 58.0 Å². The zero-order valence-corrected chi connectivity index (χ0v) is 23.9. The quantitative estimate of drug-likeness (QED) is 0.264. The Morgan fingerprint density at radius 1 is 1.02 bits per heavy atom. The Kier molecular flexibility index (Phi) is 7.91. The number of ether oxygens (including phenoxy) is 2. The fourth-order valence-electron chi connectivity index (χ4n) is 5.91. The molecule has 5 rings (SSSR count). The molecule has 3 aromatic rings. The standard InChI is InChI=1S/C32H35FO6S/c1-19-16-23(38-14-4-5-15-40(3,36)37)17-20(2)30(19)24-10-12-28(33)31-25(24)11-13-29(31)39-22-8-6-21(7-9-22)26-18-27(26)32(34)35/h6-10,12,16-17,26-27,29H,4-5,11,13-15,18H2,1-3H3,(H,34,35)/t26-,27+,29-/m1/s1. The Bertz CT molecular complexity index is 1510. The first-order chi connectivity index (χ1) is 19.0. The molecule has 0 amide bonds. The van der Waals surface area contributed by atoms with Gasteiger partial charge in [-0.05, 0) is 116 Å². The molecule has 1 saturated carbocycles. The molecule has 40 heavy (non-hydrogen) atoms. The lowest BCUT2D eigenvalue weighted by atomic mass is 9.90. The minimum atomic E-state index is -2.97. The van der Waals surface area contributed by atoms with Gasteiger partial charge in [0.15, 0.2) is 0 Å². The third kappa shape index (κ3) is 6.17. The van der Waals surface area contributed by atoms with Crippen molar-refractivity contribution in [3.05, 3.63) is 82.2 Å². The van der Waals surface area contributed by atoms with Crippen LogP contribution in [0, 0.1) is 25.6 Å². The molecule has 0 spiro atoms. The summed E-state index contributed by atoms with van der Waals surface area (Å²) in [7, 11) is -2.97. The maximum Gasteiger partial charge on any atom is 0.307 e. The predicted octanol–water partition coefficient (Wildman–Crippen LogP) is 6.57. The van der Waals surface area contributed by atoms with Crippen LogP contribution >= 0.6 is 0 Å². The largest absolute Gasteiger partial charge is 0.494 e. The van der Waals surface area contributed by atoms with Crippen molar-refractivity contribution >= 4 is 15.8 Å². The smallest absolute Gasteiger partial charge is 0.307 e. The van der Waals surface area contributed by atoms with Gasteiger partial charge in [-0.15, -0.1) is 0 Å². The van der Waals surface area contributed by atoms with Gasteiger partial charge in [0, 0.05) is 11.8 Å². The highest BCUT2D eigenvalue weighted by Gasteiger charge is 2.44. The molecule has 0 saturated heterocycles. The number of carbonyl (C=O) groups is 1. The van der Waals surface area contributed by atoms with E-state index in [1.165, 1.54) is 12.3 Å². The minimum absolute atomic E-state index is 0.0573. The number of carboxylic acid groups (broad SMARTS) is 1. The Morgan fingerprint density at radius 3 is 2.35 bits per heavy atom. The number of unbranched alkanes of at least 4 members (excludes halogenated alkanes) is 1. The molecule has 0 bridgehead atoms. The van der Waals surface area contributed by atoms with Crippen molar-refractivity contribution in [1.82, 2.24) is 0 Å². The van der Waals surface area contributed by atoms with Crippen molar-refractivity contribution in [2.75, 3.05) is 18.6 Å². The summed E-state index contributed by atoms with van der Waals surface area (Å²) in [6, 6.07) is 14.8. The molecule has 8 heteroatoms. The van der Waals surface area contributed by atoms with Crippen LogP contribution in [-0.2, 0) is 21.1 Å². The lowest BCUT2D eigenvalue weighted by molar-refractivity contribution is -0.138. The van der Waals surface area contributed by atoms with Gasteiger partial charge in [0.05, 0.1) is 18.3 Å². The summed E-state index contributed by atoms with van der Waals surface area (Å²) in [5, 5.41) is 9.19. The van der Waals surface area contributed by atoms with Gasteiger partial charge in [-0.3, -0.25) is 4.79 Å². The Hall–Kier alpha value is -3.39. The molecule has 212 valence electrons. The molecule has 0 aromatic heterocycles. The predicted molar refractivity (Wildman–Crippen MR) is 152 cm³/mol. The van der Waals surface area contributed by atoms with Gasteiger partial charge in [0.1, 0.15) is 33.3 Å². The first-order valence-corrected chi connectivity index (χ1v) is 15.8. The molecular weight excluding hydrogens is 531 g/mol. The number of rotatable bonds is 11. The van der Waals surface area contributed by atoms with E-state index in [2.05, 4.69) is 0 Å². The van der Waals surface area contributed by atoms with Crippen LogP contribution in [-0.4, -0.2) is 38.1 Å². The van der Waals surface area contributed by atoms with Crippen LogP contribution in [0.2, 0.25) is 0 Å². The minimum Gasteiger partial charge on any atom is -0.494 e. The van der Waals surface area contributed by atoms with E-state index in [0.29, 0.717) is 50.0 Å². The monoisotopic (exact) mass is 566 g/mol. The summed E-state index contributed by atoms with van der Waals surface area (Å²) in [4.78, 5) is 11.2. The number of halogens is 1. The van der Waals surface area contributed by atoms with E-state index in [9.17, 15) is 18.3 Å². The summed E-state index contributed by atoms with van der Waals surface area (Å²) < 4.78 is 50.0. The second-order valence-electron chi connectivity index (χ2n) is 11.1. The molecular formula is C32H35FO6S. The average Bonchev–Trinajstić information content (AvgIpc) is 3.58. The van der Waals surface area contributed by atoms with Crippen LogP contribution in [0.15, 0.2) is 48.5 Å². The number of hydrogen-bond donors (Lipinski definition) is 1. The van der Waals surface area contributed by atoms with Crippen molar-refractivity contribution < 1.29 is 32.2 Å². The first kappa shape index (κ1) is 28.1. The number of aryl methyl sites for hydroxylation is 2. The molecule has 2 aliphatic rings. The third-order valence-corrected chi connectivity index (χ3v) is 8.96.